The van der Waals surface area contributed by atoms with E-state index in [1.54, 1.807) is 0 Å². The van der Waals surface area contributed by atoms with Gasteiger partial charge in [-0.15, -0.1) is 0 Å². The molecule has 120 valence electrons. The van der Waals surface area contributed by atoms with Crippen LogP contribution < -0.4 is 5.32 Å². The highest BCUT2D eigenvalue weighted by molar-refractivity contribution is 5.95. The Kier molecular flexibility index (Phi) is 5.46. The quantitative estimate of drug-likeness (QED) is 0.855. The fourth-order valence-electron chi connectivity index (χ4n) is 2.44. The van der Waals surface area contributed by atoms with Crippen LogP contribution in [0.4, 0.5) is 10.1 Å². The molecule has 23 heavy (non-hydrogen) atoms. The summed E-state index contributed by atoms with van der Waals surface area (Å²) < 4.78 is 12.9. The third kappa shape index (κ3) is 4.64. The standard InChI is InChI=1S/C18H18FNO3/c1-12(13-5-3-2-4-6-13)16(11-17(21)22)18(23)20-15-9-7-14(19)8-10-15/h2-10,12,16H,11H2,1H3,(H,20,23)(H,21,22)/t12-,16-/m0/s1. The minimum Gasteiger partial charge on any atom is -0.481 e. The average Bonchev–Trinajstić information content (AvgIpc) is 2.54. The lowest BCUT2D eigenvalue weighted by molar-refractivity contribution is -0.140. The van der Waals surface area contributed by atoms with Gasteiger partial charge in [-0.2, -0.15) is 0 Å². The number of amides is 1. The molecule has 4 nitrogen and oxygen atoms in total. The second kappa shape index (κ2) is 7.54. The van der Waals surface area contributed by atoms with E-state index < -0.39 is 23.6 Å². The van der Waals surface area contributed by atoms with Crippen LogP contribution in [0.25, 0.3) is 0 Å². The van der Waals surface area contributed by atoms with E-state index in [2.05, 4.69) is 5.32 Å². The Morgan fingerprint density at radius 2 is 1.70 bits per heavy atom. The molecule has 0 aromatic heterocycles. The summed E-state index contributed by atoms with van der Waals surface area (Å²) in [5.41, 5.74) is 1.33. The maximum Gasteiger partial charge on any atom is 0.304 e. The molecule has 2 N–H and O–H groups in total. The lowest BCUT2D eigenvalue weighted by Gasteiger charge is -2.22. The van der Waals surface area contributed by atoms with Crippen LogP contribution in [0.15, 0.2) is 54.6 Å². The number of carbonyl (C=O) groups is 2. The van der Waals surface area contributed by atoms with Crippen molar-refractivity contribution in [2.75, 3.05) is 5.32 Å². The monoisotopic (exact) mass is 315 g/mol. The van der Waals surface area contributed by atoms with E-state index in [0.29, 0.717) is 5.69 Å². The molecule has 2 rings (SSSR count). The lowest BCUT2D eigenvalue weighted by Crippen LogP contribution is -2.29. The number of carbonyl (C=O) groups excluding carboxylic acids is 1. The molecule has 0 heterocycles. The van der Waals surface area contributed by atoms with Gasteiger partial charge in [0.2, 0.25) is 5.91 Å². The van der Waals surface area contributed by atoms with Gasteiger partial charge in [0.15, 0.2) is 0 Å². The highest BCUT2D eigenvalue weighted by Gasteiger charge is 2.28. The van der Waals surface area contributed by atoms with Gasteiger partial charge >= 0.3 is 5.97 Å². The van der Waals surface area contributed by atoms with Crippen LogP contribution >= 0.6 is 0 Å². The van der Waals surface area contributed by atoms with Crippen LogP contribution in [-0.2, 0) is 9.59 Å². The van der Waals surface area contributed by atoms with Crippen molar-refractivity contribution in [3.05, 3.63) is 66.0 Å². The number of carboxylic acids is 1. The lowest BCUT2D eigenvalue weighted by atomic mass is 9.84. The van der Waals surface area contributed by atoms with Crippen LogP contribution in [0.2, 0.25) is 0 Å². The second-order valence-electron chi connectivity index (χ2n) is 5.40. The number of hydrogen-bond donors (Lipinski definition) is 2. The van der Waals surface area contributed by atoms with Crippen molar-refractivity contribution in [3.8, 4) is 0 Å². The van der Waals surface area contributed by atoms with Crippen LogP contribution in [0.3, 0.4) is 0 Å². The number of aliphatic carboxylic acids is 1. The van der Waals surface area contributed by atoms with Gasteiger partial charge in [0.25, 0.3) is 0 Å². The number of halogens is 1. The molecule has 0 saturated heterocycles. The summed E-state index contributed by atoms with van der Waals surface area (Å²) in [4.78, 5) is 23.6. The third-order valence-corrected chi connectivity index (χ3v) is 3.77. The van der Waals surface area contributed by atoms with Crippen LogP contribution in [0, 0.1) is 11.7 Å². The van der Waals surface area contributed by atoms with Crippen molar-refractivity contribution >= 4 is 17.6 Å². The average molecular weight is 315 g/mol. The highest BCUT2D eigenvalue weighted by Crippen LogP contribution is 2.28. The summed E-state index contributed by atoms with van der Waals surface area (Å²) in [7, 11) is 0. The van der Waals surface area contributed by atoms with Gasteiger partial charge in [-0.25, -0.2) is 4.39 Å². The molecule has 1 amide bonds. The minimum atomic E-state index is -1.04. The molecule has 0 radical (unpaired) electrons. The molecule has 0 aliphatic rings. The molecule has 2 aromatic rings. The number of benzene rings is 2. The number of carboxylic acid groups (broad SMARTS) is 1. The van der Waals surface area contributed by atoms with E-state index in [0.717, 1.165) is 5.56 Å². The molecule has 5 heteroatoms. The van der Waals surface area contributed by atoms with Crippen molar-refractivity contribution in [1.82, 2.24) is 0 Å². The Morgan fingerprint density at radius 3 is 2.26 bits per heavy atom. The van der Waals surface area contributed by atoms with Gasteiger partial charge in [-0.05, 0) is 35.7 Å². The van der Waals surface area contributed by atoms with E-state index in [-0.39, 0.29) is 12.3 Å². The van der Waals surface area contributed by atoms with Gasteiger partial charge in [0, 0.05) is 5.69 Å². The first-order valence-electron chi connectivity index (χ1n) is 7.30. The molecule has 0 fully saturated rings. The zero-order chi connectivity index (χ0) is 16.8. The highest BCUT2D eigenvalue weighted by atomic mass is 19.1. The maximum atomic E-state index is 12.9. The molecular formula is C18H18FNO3. The first kappa shape index (κ1) is 16.7. The van der Waals surface area contributed by atoms with Gasteiger partial charge in [0.1, 0.15) is 5.82 Å². The van der Waals surface area contributed by atoms with Crippen LogP contribution in [0.5, 0.6) is 0 Å². The zero-order valence-corrected chi connectivity index (χ0v) is 12.7. The van der Waals surface area contributed by atoms with Crippen molar-refractivity contribution in [1.29, 1.82) is 0 Å². The van der Waals surface area contributed by atoms with Crippen molar-refractivity contribution in [3.63, 3.8) is 0 Å². The van der Waals surface area contributed by atoms with E-state index in [4.69, 9.17) is 5.11 Å². The summed E-state index contributed by atoms with van der Waals surface area (Å²) in [6.07, 6.45) is -0.275. The topological polar surface area (TPSA) is 66.4 Å². The first-order valence-corrected chi connectivity index (χ1v) is 7.30. The second-order valence-corrected chi connectivity index (χ2v) is 5.40. The molecule has 0 spiro atoms. The third-order valence-electron chi connectivity index (χ3n) is 3.77. The molecule has 2 aromatic carbocycles. The Hall–Kier alpha value is -2.69. The molecule has 0 aliphatic heterocycles. The van der Waals surface area contributed by atoms with Gasteiger partial charge in [-0.3, -0.25) is 9.59 Å². The van der Waals surface area contributed by atoms with E-state index in [1.165, 1.54) is 24.3 Å². The molecule has 0 saturated carbocycles. The van der Waals surface area contributed by atoms with E-state index >= 15 is 0 Å². The number of rotatable bonds is 6. The predicted molar refractivity (Wildman–Crippen MR) is 85.6 cm³/mol. The van der Waals surface area contributed by atoms with Gasteiger partial charge in [0.05, 0.1) is 12.3 Å². The minimum absolute atomic E-state index is 0.257. The predicted octanol–water partition coefficient (Wildman–Crippen LogP) is 3.66. The van der Waals surface area contributed by atoms with Crippen molar-refractivity contribution in [2.24, 2.45) is 5.92 Å². The van der Waals surface area contributed by atoms with Crippen LogP contribution in [0.1, 0.15) is 24.8 Å². The fourth-order valence-corrected chi connectivity index (χ4v) is 2.44. The maximum absolute atomic E-state index is 12.9. The Bertz CT molecular complexity index is 670. The SMILES string of the molecule is C[C@@H](c1ccccc1)[C@H](CC(=O)O)C(=O)Nc1ccc(F)cc1. The van der Waals surface area contributed by atoms with Gasteiger partial charge in [-0.1, -0.05) is 37.3 Å². The summed E-state index contributed by atoms with van der Waals surface area (Å²) in [6, 6.07) is 14.7. The van der Waals surface area contributed by atoms with Gasteiger partial charge < -0.3 is 10.4 Å². The summed E-state index contributed by atoms with van der Waals surface area (Å²) in [6.45, 7) is 1.83. The van der Waals surface area contributed by atoms with E-state index in [9.17, 15) is 14.0 Å². The van der Waals surface area contributed by atoms with E-state index in [1.807, 2.05) is 37.3 Å². The number of anilines is 1. The summed E-state index contributed by atoms with van der Waals surface area (Å²) in [5.74, 6) is -2.81. The molecule has 0 unspecified atom stereocenters. The molecule has 0 aliphatic carbocycles. The molecular weight excluding hydrogens is 297 g/mol. The summed E-state index contributed by atoms with van der Waals surface area (Å²) in [5, 5.41) is 11.8. The number of nitrogens with one attached hydrogen (secondary N) is 1. The molecule has 2 atom stereocenters. The smallest absolute Gasteiger partial charge is 0.304 e. The van der Waals surface area contributed by atoms with Crippen molar-refractivity contribution in [2.45, 2.75) is 19.3 Å². The molecule has 0 bridgehead atoms. The Balaban J connectivity index is 2.18. The fraction of sp³-hybridized carbons (Fsp3) is 0.222. The Labute approximate surface area is 134 Å². The summed E-state index contributed by atoms with van der Waals surface area (Å²) >= 11 is 0. The first-order chi connectivity index (χ1) is 11.0. The zero-order valence-electron chi connectivity index (χ0n) is 12.7. The number of hydrogen-bond acceptors (Lipinski definition) is 2. The van der Waals surface area contributed by atoms with Crippen LogP contribution in [-0.4, -0.2) is 17.0 Å². The largest absolute Gasteiger partial charge is 0.481 e. The van der Waals surface area contributed by atoms with Crippen molar-refractivity contribution < 1.29 is 19.1 Å². The normalized spacial score (nSPS) is 13.1. The Morgan fingerprint density at radius 1 is 1.09 bits per heavy atom.